The normalized spacial score (nSPS) is 12.2. The number of anilines is 1. The summed E-state index contributed by atoms with van der Waals surface area (Å²) in [6.45, 7) is 4.40. The fourth-order valence-electron chi connectivity index (χ4n) is 2.67. The lowest BCUT2D eigenvalue weighted by atomic mass is 10.1. The van der Waals surface area contributed by atoms with Crippen LogP contribution in [0, 0.1) is 6.92 Å². The van der Waals surface area contributed by atoms with Gasteiger partial charge in [0.15, 0.2) is 11.5 Å². The first-order valence-electron chi connectivity index (χ1n) is 8.02. The first kappa shape index (κ1) is 16.7. The second kappa shape index (κ2) is 7.62. The van der Waals surface area contributed by atoms with E-state index in [1.165, 1.54) is 5.56 Å². The summed E-state index contributed by atoms with van der Waals surface area (Å²) >= 11 is 1.59. The predicted molar refractivity (Wildman–Crippen MR) is 97.9 cm³/mol. The molecular weight excluding hydrogens is 322 g/mol. The van der Waals surface area contributed by atoms with Crippen molar-refractivity contribution in [3.05, 3.63) is 53.1 Å². The van der Waals surface area contributed by atoms with Gasteiger partial charge in [-0.15, -0.1) is 11.8 Å². The Hall–Kier alpha value is -2.14. The number of benzene rings is 2. The fraction of sp³-hybridized carbons (Fsp3) is 0.316. The molecule has 0 aliphatic carbocycles. The van der Waals surface area contributed by atoms with E-state index in [1.807, 2.05) is 37.3 Å². The Bertz CT molecular complexity index is 745. The number of thioether (sulfide) groups is 1. The van der Waals surface area contributed by atoms with Crippen LogP contribution < -0.4 is 14.8 Å². The van der Waals surface area contributed by atoms with E-state index in [0.717, 1.165) is 40.5 Å². The Morgan fingerprint density at radius 1 is 1.21 bits per heavy atom. The van der Waals surface area contributed by atoms with Crippen LogP contribution in [0.4, 0.5) is 5.69 Å². The van der Waals surface area contributed by atoms with Gasteiger partial charge in [0.2, 0.25) is 12.7 Å². The van der Waals surface area contributed by atoms with Crippen LogP contribution in [-0.4, -0.2) is 18.5 Å². The van der Waals surface area contributed by atoms with Crippen molar-refractivity contribution < 1.29 is 14.3 Å². The third kappa shape index (κ3) is 3.85. The third-order valence-electron chi connectivity index (χ3n) is 3.94. The molecule has 0 radical (unpaired) electrons. The minimum Gasteiger partial charge on any atom is -0.454 e. The molecule has 0 fully saturated rings. The van der Waals surface area contributed by atoms with Crippen LogP contribution in [0.3, 0.4) is 0 Å². The minimum atomic E-state index is 0.0322. The van der Waals surface area contributed by atoms with Crippen LogP contribution in [0.2, 0.25) is 0 Å². The maximum Gasteiger partial charge on any atom is 0.234 e. The Kier molecular flexibility index (Phi) is 5.30. The van der Waals surface area contributed by atoms with Gasteiger partial charge in [0.05, 0.1) is 5.75 Å². The molecule has 4 nitrogen and oxygen atoms in total. The number of aryl methyl sites for hydroxylation is 2. The average Bonchev–Trinajstić information content (AvgIpc) is 3.04. The summed E-state index contributed by atoms with van der Waals surface area (Å²) in [4.78, 5) is 12.2. The zero-order valence-electron chi connectivity index (χ0n) is 13.9. The third-order valence-corrected chi connectivity index (χ3v) is 4.95. The number of hydrogen-bond donors (Lipinski definition) is 1. The lowest BCUT2D eigenvalue weighted by Gasteiger charge is -2.12. The van der Waals surface area contributed by atoms with Crippen LogP contribution in [0.5, 0.6) is 11.5 Å². The Labute approximate surface area is 146 Å². The van der Waals surface area contributed by atoms with E-state index in [9.17, 15) is 4.79 Å². The fourth-order valence-corrected chi connectivity index (χ4v) is 3.44. The van der Waals surface area contributed by atoms with Crippen molar-refractivity contribution in [2.75, 3.05) is 17.9 Å². The predicted octanol–water partition coefficient (Wildman–Crippen LogP) is 4.16. The summed E-state index contributed by atoms with van der Waals surface area (Å²) in [5, 5.41) is 3.05. The summed E-state index contributed by atoms with van der Waals surface area (Å²) in [5.41, 5.74) is 4.35. The molecule has 0 bridgehead atoms. The topological polar surface area (TPSA) is 47.6 Å². The quantitative estimate of drug-likeness (QED) is 0.856. The van der Waals surface area contributed by atoms with E-state index >= 15 is 0 Å². The largest absolute Gasteiger partial charge is 0.454 e. The highest BCUT2D eigenvalue weighted by molar-refractivity contribution is 7.99. The van der Waals surface area contributed by atoms with E-state index in [-0.39, 0.29) is 12.7 Å². The number of carbonyl (C=O) groups excluding carboxylic acids is 1. The number of amides is 1. The second-order valence-corrected chi connectivity index (χ2v) is 6.68. The summed E-state index contributed by atoms with van der Waals surface area (Å²) in [6, 6.07) is 12.0. The Morgan fingerprint density at radius 2 is 2.04 bits per heavy atom. The highest BCUT2D eigenvalue weighted by Gasteiger charge is 2.13. The zero-order valence-corrected chi connectivity index (χ0v) is 14.7. The minimum absolute atomic E-state index is 0.0322. The van der Waals surface area contributed by atoms with Gasteiger partial charge in [-0.1, -0.05) is 31.2 Å². The molecule has 0 saturated carbocycles. The van der Waals surface area contributed by atoms with Crippen molar-refractivity contribution in [2.45, 2.75) is 26.0 Å². The van der Waals surface area contributed by atoms with Gasteiger partial charge < -0.3 is 14.8 Å². The number of para-hydroxylation sites is 1. The second-order valence-electron chi connectivity index (χ2n) is 5.69. The average molecular weight is 343 g/mol. The molecule has 5 heteroatoms. The summed E-state index contributed by atoms with van der Waals surface area (Å²) < 4.78 is 10.7. The van der Waals surface area contributed by atoms with Crippen molar-refractivity contribution in [3.63, 3.8) is 0 Å². The molecule has 1 amide bonds. The van der Waals surface area contributed by atoms with Gasteiger partial charge >= 0.3 is 0 Å². The van der Waals surface area contributed by atoms with Crippen LogP contribution in [0.15, 0.2) is 36.4 Å². The van der Waals surface area contributed by atoms with Gasteiger partial charge in [0, 0.05) is 11.4 Å². The van der Waals surface area contributed by atoms with Crippen molar-refractivity contribution in [1.82, 2.24) is 0 Å². The number of hydrogen-bond acceptors (Lipinski definition) is 4. The van der Waals surface area contributed by atoms with Crippen molar-refractivity contribution in [1.29, 1.82) is 0 Å². The maximum absolute atomic E-state index is 12.2. The summed E-state index contributed by atoms with van der Waals surface area (Å²) in [6.07, 6.45) is 0.904. The van der Waals surface area contributed by atoms with Gasteiger partial charge in [0.25, 0.3) is 0 Å². The lowest BCUT2D eigenvalue weighted by Crippen LogP contribution is -2.16. The monoisotopic (exact) mass is 343 g/mol. The molecule has 126 valence electrons. The molecule has 0 atom stereocenters. The molecule has 0 unspecified atom stereocenters. The lowest BCUT2D eigenvalue weighted by molar-refractivity contribution is -0.113. The number of ether oxygens (including phenoxy) is 2. The summed E-state index contributed by atoms with van der Waals surface area (Å²) in [5.74, 6) is 2.78. The first-order valence-corrected chi connectivity index (χ1v) is 9.17. The SMILES string of the molecule is CCc1cccc(C)c1NC(=O)CSCc1ccc2c(c1)OCO2. The van der Waals surface area contributed by atoms with E-state index in [0.29, 0.717) is 5.75 Å². The van der Waals surface area contributed by atoms with Gasteiger partial charge in [0.1, 0.15) is 0 Å². The molecule has 0 saturated heterocycles. The standard InChI is InChI=1S/C19H21NO3S/c1-3-15-6-4-5-13(2)19(15)20-18(21)11-24-10-14-7-8-16-17(9-14)23-12-22-16/h4-9H,3,10-12H2,1-2H3,(H,20,21). The van der Waals surface area contributed by atoms with Crippen LogP contribution in [0.1, 0.15) is 23.6 Å². The van der Waals surface area contributed by atoms with Crippen LogP contribution in [0.25, 0.3) is 0 Å². The highest BCUT2D eigenvalue weighted by atomic mass is 32.2. The van der Waals surface area contributed by atoms with Crippen LogP contribution in [-0.2, 0) is 17.0 Å². The Balaban J connectivity index is 1.53. The van der Waals surface area contributed by atoms with Crippen LogP contribution >= 0.6 is 11.8 Å². The molecule has 3 rings (SSSR count). The van der Waals surface area contributed by atoms with Crippen molar-refractivity contribution in [2.24, 2.45) is 0 Å². The van der Waals surface area contributed by atoms with Crippen molar-refractivity contribution in [3.8, 4) is 11.5 Å². The Morgan fingerprint density at radius 3 is 2.88 bits per heavy atom. The maximum atomic E-state index is 12.2. The van der Waals surface area contributed by atoms with Gasteiger partial charge in [-0.2, -0.15) is 0 Å². The molecule has 2 aromatic rings. The molecule has 1 heterocycles. The first-order chi connectivity index (χ1) is 11.7. The summed E-state index contributed by atoms with van der Waals surface area (Å²) in [7, 11) is 0. The molecule has 1 N–H and O–H groups in total. The molecule has 24 heavy (non-hydrogen) atoms. The number of rotatable bonds is 6. The van der Waals surface area contributed by atoms with Gasteiger partial charge in [-0.25, -0.2) is 0 Å². The smallest absolute Gasteiger partial charge is 0.234 e. The van der Waals surface area contributed by atoms with E-state index < -0.39 is 0 Å². The number of fused-ring (bicyclic) bond motifs is 1. The molecule has 0 aromatic heterocycles. The molecule has 1 aliphatic rings. The molecule has 2 aromatic carbocycles. The van der Waals surface area contributed by atoms with Gasteiger partial charge in [-0.05, 0) is 42.2 Å². The molecular formula is C19H21NO3S. The van der Waals surface area contributed by atoms with E-state index in [2.05, 4.69) is 18.3 Å². The van der Waals surface area contributed by atoms with Gasteiger partial charge in [-0.3, -0.25) is 4.79 Å². The molecule has 0 spiro atoms. The van der Waals surface area contributed by atoms with E-state index in [1.54, 1.807) is 11.8 Å². The zero-order chi connectivity index (χ0) is 16.9. The van der Waals surface area contributed by atoms with Crippen molar-refractivity contribution >= 4 is 23.4 Å². The number of carbonyl (C=O) groups is 1. The highest BCUT2D eigenvalue weighted by Crippen LogP contribution is 2.33. The molecule has 1 aliphatic heterocycles. The number of nitrogens with one attached hydrogen (secondary N) is 1. The van der Waals surface area contributed by atoms with E-state index in [4.69, 9.17) is 9.47 Å².